The van der Waals surface area contributed by atoms with E-state index < -0.39 is 0 Å². The second kappa shape index (κ2) is 9.94. The monoisotopic (exact) mass is 636 g/mol. The third kappa shape index (κ3) is 3.78. The van der Waals surface area contributed by atoms with E-state index in [0.717, 1.165) is 21.9 Å². The van der Waals surface area contributed by atoms with Gasteiger partial charge in [0, 0.05) is 16.2 Å². The van der Waals surface area contributed by atoms with Gasteiger partial charge in [-0.25, -0.2) is 0 Å². The van der Waals surface area contributed by atoms with E-state index in [-0.39, 0.29) is 5.41 Å². The Kier molecular flexibility index (Phi) is 5.51. The third-order valence-corrected chi connectivity index (χ3v) is 11.4. The highest BCUT2D eigenvalue weighted by Crippen LogP contribution is 2.52. The van der Waals surface area contributed by atoms with Crippen LogP contribution in [0.25, 0.3) is 98.4 Å². The van der Waals surface area contributed by atoms with Crippen molar-refractivity contribution in [2.75, 3.05) is 0 Å². The van der Waals surface area contributed by atoms with Crippen LogP contribution in [0.1, 0.15) is 25.0 Å². The lowest BCUT2D eigenvalue weighted by Crippen LogP contribution is -2.15. The van der Waals surface area contributed by atoms with Gasteiger partial charge in [-0.05, 0) is 130 Å². The third-order valence-electron chi connectivity index (χ3n) is 11.4. The first-order valence-electron chi connectivity index (χ1n) is 17.5. The highest BCUT2D eigenvalue weighted by Gasteiger charge is 2.36. The minimum atomic E-state index is -0.167. The molecule has 1 aromatic heterocycles. The summed E-state index contributed by atoms with van der Waals surface area (Å²) in [6.07, 6.45) is 0. The SMILES string of the molecule is CC1(C)c2cc(-c3c4ccccc4cc4c3ccc3ccccc34)ccc2-c2cc3cccc(-c4ccc5oc6ccccc6c5c4)c3cc21. The standard InChI is InChI=1S/C49H32O/c1-49(2)44-27-33(48-36-14-6-4-11-30(36)24-41-34-13-5-3-10-29(34)18-22-39(41)48)19-21-37(44)42-25-31-12-9-16-35(40(31)28-45(42)49)32-20-23-47-43(26-32)38-15-7-8-17-46(38)50-47/h3-28H,1-2H3. The summed E-state index contributed by atoms with van der Waals surface area (Å²) < 4.78 is 6.16. The maximum Gasteiger partial charge on any atom is 0.135 e. The lowest BCUT2D eigenvalue weighted by molar-refractivity contribution is 0.661. The molecule has 1 heterocycles. The quantitative estimate of drug-likeness (QED) is 0.136. The van der Waals surface area contributed by atoms with Crippen molar-refractivity contribution >= 4 is 65.0 Å². The van der Waals surface area contributed by atoms with Crippen molar-refractivity contribution in [3.8, 4) is 33.4 Å². The molecule has 0 radical (unpaired) electrons. The summed E-state index contributed by atoms with van der Waals surface area (Å²) in [6.45, 7) is 4.79. The molecule has 1 aliphatic carbocycles. The molecular formula is C49H32O. The van der Waals surface area contributed by atoms with E-state index in [1.54, 1.807) is 0 Å². The number of hydrogen-bond acceptors (Lipinski definition) is 1. The van der Waals surface area contributed by atoms with Crippen molar-refractivity contribution in [3.63, 3.8) is 0 Å². The molecule has 0 N–H and O–H groups in total. The number of furan rings is 1. The second-order valence-electron chi connectivity index (χ2n) is 14.5. The summed E-state index contributed by atoms with van der Waals surface area (Å²) in [6, 6.07) is 58.3. The van der Waals surface area contributed by atoms with Crippen molar-refractivity contribution in [2.24, 2.45) is 0 Å². The van der Waals surface area contributed by atoms with Crippen LogP contribution in [0.15, 0.2) is 162 Å². The minimum absolute atomic E-state index is 0.167. The first-order chi connectivity index (χ1) is 24.5. The molecule has 0 unspecified atom stereocenters. The Morgan fingerprint density at radius 1 is 0.360 bits per heavy atom. The van der Waals surface area contributed by atoms with Gasteiger partial charge >= 0.3 is 0 Å². The number of hydrogen-bond donors (Lipinski definition) is 0. The van der Waals surface area contributed by atoms with Crippen LogP contribution in [0.3, 0.4) is 0 Å². The molecule has 234 valence electrons. The van der Waals surface area contributed by atoms with Crippen molar-refractivity contribution in [3.05, 3.63) is 169 Å². The summed E-state index contributed by atoms with van der Waals surface area (Å²) >= 11 is 0. The zero-order valence-corrected chi connectivity index (χ0v) is 27.9. The zero-order chi connectivity index (χ0) is 33.1. The van der Waals surface area contributed by atoms with Gasteiger partial charge in [-0.2, -0.15) is 0 Å². The second-order valence-corrected chi connectivity index (χ2v) is 14.5. The van der Waals surface area contributed by atoms with Gasteiger partial charge < -0.3 is 4.42 Å². The zero-order valence-electron chi connectivity index (χ0n) is 27.9. The fraction of sp³-hybridized carbons (Fsp3) is 0.0612. The maximum atomic E-state index is 6.16. The molecule has 0 atom stereocenters. The molecule has 0 fully saturated rings. The van der Waals surface area contributed by atoms with Crippen molar-refractivity contribution < 1.29 is 4.42 Å². The van der Waals surface area contributed by atoms with E-state index >= 15 is 0 Å². The van der Waals surface area contributed by atoms with E-state index in [9.17, 15) is 0 Å². The van der Waals surface area contributed by atoms with Crippen molar-refractivity contribution in [1.29, 1.82) is 0 Å². The highest BCUT2D eigenvalue weighted by molar-refractivity contribution is 6.20. The van der Waals surface area contributed by atoms with Crippen molar-refractivity contribution in [1.82, 2.24) is 0 Å². The summed E-state index contributed by atoms with van der Waals surface area (Å²) in [5.74, 6) is 0. The van der Waals surface area contributed by atoms with Crippen LogP contribution >= 0.6 is 0 Å². The molecule has 0 aliphatic heterocycles. The van der Waals surface area contributed by atoms with E-state index in [1.165, 1.54) is 87.6 Å². The molecule has 1 aliphatic rings. The topological polar surface area (TPSA) is 13.1 Å². The molecule has 0 saturated carbocycles. The largest absolute Gasteiger partial charge is 0.456 e. The lowest BCUT2D eigenvalue weighted by Gasteiger charge is -2.23. The Balaban J connectivity index is 1.10. The van der Waals surface area contributed by atoms with Crippen LogP contribution in [0.4, 0.5) is 0 Å². The van der Waals surface area contributed by atoms with Gasteiger partial charge in [0.05, 0.1) is 0 Å². The van der Waals surface area contributed by atoms with Crippen LogP contribution in [-0.4, -0.2) is 0 Å². The Hall–Kier alpha value is -6.18. The Labute approximate surface area is 290 Å². The van der Waals surface area contributed by atoms with Gasteiger partial charge in [0.25, 0.3) is 0 Å². The molecule has 0 amide bonds. The molecule has 0 bridgehead atoms. The van der Waals surface area contributed by atoms with Crippen LogP contribution in [0.5, 0.6) is 0 Å². The summed E-state index contributed by atoms with van der Waals surface area (Å²) in [5.41, 5.74) is 12.2. The molecule has 11 rings (SSSR count). The Morgan fingerprint density at radius 2 is 1.06 bits per heavy atom. The molecule has 0 saturated heterocycles. The lowest BCUT2D eigenvalue weighted by atomic mass is 9.80. The minimum Gasteiger partial charge on any atom is -0.456 e. The fourth-order valence-corrected chi connectivity index (χ4v) is 8.94. The predicted octanol–water partition coefficient (Wildman–Crippen LogP) is 13.8. The van der Waals surface area contributed by atoms with Gasteiger partial charge in [-0.1, -0.05) is 129 Å². The van der Waals surface area contributed by atoms with Crippen LogP contribution < -0.4 is 0 Å². The average molecular weight is 637 g/mol. The molecule has 9 aromatic carbocycles. The summed E-state index contributed by atoms with van der Waals surface area (Å²) in [5, 5.41) is 12.6. The van der Waals surface area contributed by atoms with Gasteiger partial charge in [0.1, 0.15) is 11.2 Å². The molecule has 50 heavy (non-hydrogen) atoms. The van der Waals surface area contributed by atoms with E-state index in [1.807, 2.05) is 12.1 Å². The number of rotatable bonds is 2. The number of para-hydroxylation sites is 1. The summed E-state index contributed by atoms with van der Waals surface area (Å²) in [4.78, 5) is 0. The Bertz CT molecular complexity index is 3060. The maximum absolute atomic E-state index is 6.16. The van der Waals surface area contributed by atoms with Gasteiger partial charge in [0.15, 0.2) is 0 Å². The molecular weight excluding hydrogens is 605 g/mol. The normalized spacial score (nSPS) is 13.6. The molecule has 1 heteroatoms. The Morgan fingerprint density at radius 3 is 1.96 bits per heavy atom. The van der Waals surface area contributed by atoms with E-state index in [0.29, 0.717) is 0 Å². The van der Waals surface area contributed by atoms with Crippen LogP contribution in [0.2, 0.25) is 0 Å². The van der Waals surface area contributed by atoms with E-state index in [2.05, 4.69) is 159 Å². The van der Waals surface area contributed by atoms with E-state index in [4.69, 9.17) is 4.42 Å². The van der Waals surface area contributed by atoms with Gasteiger partial charge in [0.2, 0.25) is 0 Å². The average Bonchev–Trinajstić information content (AvgIpc) is 3.63. The number of benzene rings is 9. The molecule has 1 nitrogen and oxygen atoms in total. The van der Waals surface area contributed by atoms with Gasteiger partial charge in [-0.15, -0.1) is 0 Å². The van der Waals surface area contributed by atoms with Gasteiger partial charge in [-0.3, -0.25) is 0 Å². The molecule has 0 spiro atoms. The van der Waals surface area contributed by atoms with Crippen molar-refractivity contribution in [2.45, 2.75) is 19.3 Å². The predicted molar refractivity (Wildman–Crippen MR) is 212 cm³/mol. The fourth-order valence-electron chi connectivity index (χ4n) is 8.94. The highest BCUT2D eigenvalue weighted by atomic mass is 16.3. The number of fused-ring (bicyclic) bond motifs is 11. The first kappa shape index (κ1) is 27.7. The van der Waals surface area contributed by atoms with Crippen LogP contribution in [0, 0.1) is 0 Å². The summed E-state index contributed by atoms with van der Waals surface area (Å²) in [7, 11) is 0. The smallest absolute Gasteiger partial charge is 0.135 e. The van der Waals surface area contributed by atoms with Crippen LogP contribution in [-0.2, 0) is 5.41 Å². The molecule has 10 aromatic rings. The first-order valence-corrected chi connectivity index (χ1v) is 17.5.